The molecular formula is C16H22O5. The quantitative estimate of drug-likeness (QED) is 0.638. The molecule has 0 unspecified atom stereocenters. The van der Waals surface area contributed by atoms with Crippen molar-refractivity contribution in [1.82, 2.24) is 0 Å². The first-order valence-corrected chi connectivity index (χ1v) is 6.54. The molecule has 0 bridgehead atoms. The van der Waals surface area contributed by atoms with Gasteiger partial charge in [-0.3, -0.25) is 0 Å². The summed E-state index contributed by atoms with van der Waals surface area (Å²) < 4.78 is 4.83. The molecule has 116 valence electrons. The van der Waals surface area contributed by atoms with E-state index in [0.717, 1.165) is 13.2 Å². The molecule has 2 aromatic carbocycles. The second-order valence-corrected chi connectivity index (χ2v) is 3.76. The highest BCUT2D eigenvalue weighted by molar-refractivity contribution is 5.36. The molecule has 0 saturated heterocycles. The zero-order valence-corrected chi connectivity index (χ0v) is 12.2. The number of hydrogen-bond donors (Lipinski definition) is 4. The topological polar surface area (TPSA) is 90.2 Å². The second-order valence-electron chi connectivity index (χ2n) is 3.76. The standard InChI is InChI=1S/2C6H6O2.C4H10O/c2*7-5-3-1-2-4-6(5)8;1-3-5-4-2/h2*1-4,7-8H;3-4H2,1-2H3. The normalized spacial score (nSPS) is 8.86. The number of benzene rings is 2. The molecule has 0 heterocycles. The lowest BCUT2D eigenvalue weighted by atomic mass is 10.3. The summed E-state index contributed by atoms with van der Waals surface area (Å²) in [6.07, 6.45) is 0. The molecule has 0 spiro atoms. The number of para-hydroxylation sites is 4. The van der Waals surface area contributed by atoms with Crippen molar-refractivity contribution in [1.29, 1.82) is 0 Å². The molecule has 0 aliphatic carbocycles. The number of rotatable bonds is 2. The van der Waals surface area contributed by atoms with E-state index < -0.39 is 0 Å². The first-order chi connectivity index (χ1) is 10.0. The van der Waals surface area contributed by atoms with Crippen LogP contribution in [0.15, 0.2) is 48.5 Å². The van der Waals surface area contributed by atoms with Gasteiger partial charge in [0.15, 0.2) is 23.0 Å². The van der Waals surface area contributed by atoms with Crippen LogP contribution in [-0.4, -0.2) is 33.6 Å². The molecule has 0 amide bonds. The molecule has 21 heavy (non-hydrogen) atoms. The van der Waals surface area contributed by atoms with Gasteiger partial charge in [-0.1, -0.05) is 24.3 Å². The summed E-state index contributed by atoms with van der Waals surface area (Å²) in [5, 5.41) is 34.7. The molecule has 0 aliphatic heterocycles. The number of phenolic OH excluding ortho intramolecular Hbond substituents is 4. The fourth-order valence-electron chi connectivity index (χ4n) is 1.13. The Balaban J connectivity index is 0.000000296. The summed E-state index contributed by atoms with van der Waals surface area (Å²) in [6, 6.07) is 12.3. The van der Waals surface area contributed by atoms with Crippen molar-refractivity contribution in [2.24, 2.45) is 0 Å². The van der Waals surface area contributed by atoms with Crippen molar-refractivity contribution in [3.63, 3.8) is 0 Å². The minimum atomic E-state index is -0.0764. The molecule has 0 radical (unpaired) electrons. The van der Waals surface area contributed by atoms with E-state index in [9.17, 15) is 0 Å². The van der Waals surface area contributed by atoms with Gasteiger partial charge in [-0.05, 0) is 38.1 Å². The Morgan fingerprint density at radius 1 is 0.619 bits per heavy atom. The molecule has 0 saturated carbocycles. The van der Waals surface area contributed by atoms with Crippen LogP contribution < -0.4 is 0 Å². The summed E-state index contributed by atoms with van der Waals surface area (Å²) in [4.78, 5) is 0. The summed E-state index contributed by atoms with van der Waals surface area (Å²) >= 11 is 0. The average molecular weight is 294 g/mol. The molecule has 4 N–H and O–H groups in total. The lowest BCUT2D eigenvalue weighted by Gasteiger charge is -1.91. The van der Waals surface area contributed by atoms with Crippen LogP contribution in [0.25, 0.3) is 0 Å². The molecule has 0 fully saturated rings. The van der Waals surface area contributed by atoms with Gasteiger partial charge in [0.1, 0.15) is 0 Å². The Bertz CT molecular complexity index is 412. The van der Waals surface area contributed by atoms with Crippen molar-refractivity contribution in [2.75, 3.05) is 13.2 Å². The Morgan fingerprint density at radius 3 is 0.952 bits per heavy atom. The van der Waals surface area contributed by atoms with Gasteiger partial charge in [0, 0.05) is 13.2 Å². The first-order valence-electron chi connectivity index (χ1n) is 6.54. The molecule has 0 atom stereocenters. The highest BCUT2D eigenvalue weighted by atomic mass is 16.5. The van der Waals surface area contributed by atoms with Crippen LogP contribution in [0.4, 0.5) is 0 Å². The van der Waals surface area contributed by atoms with Crippen molar-refractivity contribution in [3.05, 3.63) is 48.5 Å². The summed E-state index contributed by atoms with van der Waals surface area (Å²) in [5.74, 6) is -0.306. The van der Waals surface area contributed by atoms with E-state index in [1.807, 2.05) is 13.8 Å². The Morgan fingerprint density at radius 2 is 0.857 bits per heavy atom. The monoisotopic (exact) mass is 294 g/mol. The Labute approximate surface area is 124 Å². The third kappa shape index (κ3) is 9.18. The average Bonchev–Trinajstić information content (AvgIpc) is 2.48. The highest BCUT2D eigenvalue weighted by Gasteiger charge is 1.91. The van der Waals surface area contributed by atoms with Crippen molar-refractivity contribution in [2.45, 2.75) is 13.8 Å². The molecule has 5 heteroatoms. The lowest BCUT2D eigenvalue weighted by Crippen LogP contribution is -1.84. The van der Waals surface area contributed by atoms with Gasteiger partial charge in [0.2, 0.25) is 0 Å². The third-order valence-corrected chi connectivity index (χ3v) is 2.17. The highest BCUT2D eigenvalue weighted by Crippen LogP contribution is 2.21. The predicted octanol–water partition coefficient (Wildman–Crippen LogP) is 3.24. The zero-order valence-electron chi connectivity index (χ0n) is 12.2. The molecule has 5 nitrogen and oxygen atoms in total. The van der Waals surface area contributed by atoms with E-state index in [0.29, 0.717) is 0 Å². The SMILES string of the molecule is CCOCC.Oc1ccccc1O.Oc1ccccc1O. The van der Waals surface area contributed by atoms with Gasteiger partial charge < -0.3 is 25.2 Å². The maximum atomic E-state index is 8.67. The summed E-state index contributed by atoms with van der Waals surface area (Å²) in [7, 11) is 0. The minimum absolute atomic E-state index is 0.0764. The molecule has 0 aliphatic rings. The van der Waals surface area contributed by atoms with Crippen LogP contribution in [0.3, 0.4) is 0 Å². The van der Waals surface area contributed by atoms with Gasteiger partial charge in [-0.15, -0.1) is 0 Å². The van der Waals surface area contributed by atoms with E-state index in [1.165, 1.54) is 24.3 Å². The third-order valence-electron chi connectivity index (χ3n) is 2.17. The summed E-state index contributed by atoms with van der Waals surface area (Å²) in [5.41, 5.74) is 0. The molecule has 2 rings (SSSR count). The largest absolute Gasteiger partial charge is 0.504 e. The molecule has 2 aromatic rings. The predicted molar refractivity (Wildman–Crippen MR) is 81.7 cm³/mol. The molecule has 0 aromatic heterocycles. The van der Waals surface area contributed by atoms with E-state index in [4.69, 9.17) is 25.2 Å². The van der Waals surface area contributed by atoms with E-state index in [1.54, 1.807) is 24.3 Å². The van der Waals surface area contributed by atoms with Gasteiger partial charge in [0.05, 0.1) is 0 Å². The van der Waals surface area contributed by atoms with Crippen molar-refractivity contribution < 1.29 is 25.2 Å². The van der Waals surface area contributed by atoms with Crippen LogP contribution in [0.1, 0.15) is 13.8 Å². The molecular weight excluding hydrogens is 272 g/mol. The minimum Gasteiger partial charge on any atom is -0.504 e. The van der Waals surface area contributed by atoms with Crippen LogP contribution in [0, 0.1) is 0 Å². The maximum absolute atomic E-state index is 8.67. The van der Waals surface area contributed by atoms with Crippen LogP contribution in [0.2, 0.25) is 0 Å². The van der Waals surface area contributed by atoms with Crippen LogP contribution in [0.5, 0.6) is 23.0 Å². The van der Waals surface area contributed by atoms with E-state index >= 15 is 0 Å². The van der Waals surface area contributed by atoms with E-state index in [2.05, 4.69) is 0 Å². The smallest absolute Gasteiger partial charge is 0.157 e. The zero-order chi connectivity index (χ0) is 16.1. The first kappa shape index (κ1) is 18.6. The van der Waals surface area contributed by atoms with Gasteiger partial charge in [-0.2, -0.15) is 0 Å². The summed E-state index contributed by atoms with van der Waals surface area (Å²) in [6.45, 7) is 5.67. The van der Waals surface area contributed by atoms with Gasteiger partial charge >= 0.3 is 0 Å². The number of ether oxygens (including phenoxy) is 1. The van der Waals surface area contributed by atoms with Gasteiger partial charge in [-0.25, -0.2) is 0 Å². The maximum Gasteiger partial charge on any atom is 0.157 e. The lowest BCUT2D eigenvalue weighted by molar-refractivity contribution is 0.162. The second kappa shape index (κ2) is 11.4. The number of hydrogen-bond acceptors (Lipinski definition) is 5. The Hall–Kier alpha value is -2.40. The van der Waals surface area contributed by atoms with Crippen LogP contribution in [-0.2, 0) is 4.74 Å². The fraction of sp³-hybridized carbons (Fsp3) is 0.250. The van der Waals surface area contributed by atoms with Crippen molar-refractivity contribution >= 4 is 0 Å². The fourth-order valence-corrected chi connectivity index (χ4v) is 1.13. The van der Waals surface area contributed by atoms with Crippen LogP contribution >= 0.6 is 0 Å². The van der Waals surface area contributed by atoms with Gasteiger partial charge in [0.25, 0.3) is 0 Å². The number of aromatic hydroxyl groups is 4. The Kier molecular flexibility index (Phi) is 10.1. The number of phenols is 4. The van der Waals surface area contributed by atoms with Crippen molar-refractivity contribution in [3.8, 4) is 23.0 Å². The van der Waals surface area contributed by atoms with E-state index in [-0.39, 0.29) is 23.0 Å².